The molecule has 0 atom stereocenters. The van der Waals surface area contributed by atoms with Crippen molar-refractivity contribution in [2.75, 3.05) is 0 Å². The minimum atomic E-state index is -4.81. The van der Waals surface area contributed by atoms with E-state index in [9.17, 15) is 4.53 Å². The maximum atomic E-state index is 10.2. The maximum absolute atomic E-state index is 10.2. The normalized spacial score (nSPS) is 7.89. The molecule has 0 aliphatic heterocycles. The molecule has 0 rings (SSSR count). The molecule has 0 fully saturated rings. The summed E-state index contributed by atoms with van der Waals surface area (Å²) in [6.45, 7) is 0. The van der Waals surface area contributed by atoms with Gasteiger partial charge < -0.3 is 9.79 Å². The molecule has 0 heterocycles. The molecule has 9 heavy (non-hydrogen) atoms. The summed E-state index contributed by atoms with van der Waals surface area (Å²) in [6, 6.07) is 0. The van der Waals surface area contributed by atoms with E-state index in [2.05, 4.69) is 4.73 Å². The molecule has 0 aromatic rings. The van der Waals surface area contributed by atoms with Crippen molar-refractivity contribution in [2.24, 2.45) is 0 Å². The van der Waals surface area contributed by atoms with Gasteiger partial charge in [-0.1, -0.05) is 4.73 Å². The molecule has 4 nitrogen and oxygen atoms in total. The van der Waals surface area contributed by atoms with Gasteiger partial charge in [0, 0.05) is 0 Å². The fourth-order valence-electron chi connectivity index (χ4n) is 0. The zero-order valence-electron chi connectivity index (χ0n) is 2.54. The van der Waals surface area contributed by atoms with Gasteiger partial charge in [0.2, 0.25) is 0 Å². The molecule has 0 aromatic heterocycles. The summed E-state index contributed by atoms with van der Waals surface area (Å²) in [5.74, 6) is 0. The van der Waals surface area contributed by atoms with Gasteiger partial charge in [-0.3, -0.25) is 0 Å². The molecule has 0 aromatic carbocycles. The first-order valence-electron chi connectivity index (χ1n) is 0.919. The van der Waals surface area contributed by atoms with E-state index in [0.717, 1.165) is 0 Å². The topological polar surface area (TPSA) is 66.8 Å². The van der Waals surface area contributed by atoms with Gasteiger partial charge in [0.05, 0.1) is 0 Å². The van der Waals surface area contributed by atoms with E-state index < -0.39 is 7.82 Å². The van der Waals surface area contributed by atoms with Gasteiger partial charge in [0.15, 0.2) is 0 Å². The molecule has 0 radical (unpaired) electrons. The Kier molecular flexibility index (Phi) is 32.0. The standard InChI is InChI=1S/Ba.Ca.FH2O4P.Sr.6H/c;;1-5-6(2,3)4;;;;;;;/h;;(H2,2,3,4);;;;;;;. The van der Waals surface area contributed by atoms with Crippen LogP contribution in [-0.2, 0) is 9.29 Å². The third-order valence-electron chi connectivity index (χ3n) is 0.0899. The van der Waals surface area contributed by atoms with Crippen LogP contribution in [0.4, 0.5) is 4.53 Å². The van der Waals surface area contributed by atoms with Crippen LogP contribution >= 0.6 is 7.82 Å². The zero-order chi connectivity index (χ0) is 5.21. The number of halogens is 1. The summed E-state index contributed by atoms with van der Waals surface area (Å²) in [5.41, 5.74) is 0. The molecule has 0 aliphatic carbocycles. The van der Waals surface area contributed by atoms with Gasteiger partial charge in [-0.05, 0) is 4.53 Å². The van der Waals surface area contributed by atoms with E-state index in [1.165, 1.54) is 0 Å². The molecule has 0 saturated heterocycles. The predicted octanol–water partition coefficient (Wildman–Crippen LogP) is -2.77. The third-order valence-corrected chi connectivity index (χ3v) is 0.270. The Morgan fingerprint density at radius 1 is 1.44 bits per heavy atom. The summed E-state index contributed by atoms with van der Waals surface area (Å²) in [5, 5.41) is 0. The Labute approximate surface area is 159 Å². The Balaban J connectivity index is -0.0000000417. The summed E-state index contributed by atoms with van der Waals surface area (Å²) in [7, 11) is -4.81. The quantitative estimate of drug-likeness (QED) is 0.378. The van der Waals surface area contributed by atoms with Crippen molar-refractivity contribution in [3.8, 4) is 0 Å². The predicted molar refractivity (Wildman–Crippen MR) is 39.9 cm³/mol. The van der Waals surface area contributed by atoms with Crippen molar-refractivity contribution < 1.29 is 23.6 Å². The van der Waals surface area contributed by atoms with E-state index in [1.807, 2.05) is 0 Å². The molecule has 0 bridgehead atoms. The molecule has 0 amide bonds. The Morgan fingerprint density at radius 3 is 1.56 bits per heavy atom. The van der Waals surface area contributed by atoms with Crippen molar-refractivity contribution in [3.63, 3.8) is 0 Å². The number of phosphoric acid groups is 1. The zero-order valence-corrected chi connectivity index (χ0v) is 3.43. The van der Waals surface area contributed by atoms with Crippen molar-refractivity contribution in [1.29, 1.82) is 0 Å². The van der Waals surface area contributed by atoms with Gasteiger partial charge >= 0.3 is 140 Å². The van der Waals surface area contributed by atoms with Gasteiger partial charge in [0.1, 0.15) is 0 Å². The fourth-order valence-corrected chi connectivity index (χ4v) is 0. The van der Waals surface area contributed by atoms with E-state index in [0.29, 0.717) is 0 Å². The third kappa shape index (κ3) is 24.5. The molecule has 50 valence electrons. The second kappa shape index (κ2) is 12.4. The summed E-state index contributed by atoms with van der Waals surface area (Å²) in [4.78, 5) is 14.7. The van der Waals surface area contributed by atoms with Crippen LogP contribution in [0.3, 0.4) is 0 Å². The molecule has 9 heteroatoms. The van der Waals surface area contributed by atoms with Gasteiger partial charge in [-0.15, -0.1) is 0 Å². The SMILES string of the molecule is O=P(O)(O)OF.[BaH2].[CaH2].[SrH2]. The van der Waals surface area contributed by atoms with Crippen LogP contribution in [0.2, 0.25) is 0 Å². The van der Waals surface area contributed by atoms with E-state index in [4.69, 9.17) is 14.4 Å². The molecule has 0 spiro atoms. The Morgan fingerprint density at radius 2 is 1.56 bits per heavy atom. The first-order chi connectivity index (χ1) is 2.56. The Hall–Kier alpha value is 4.35. The number of rotatable bonds is 1. The number of hydrogen-bond acceptors (Lipinski definition) is 2. The number of hydrogen-bond donors (Lipinski definition) is 2. The van der Waals surface area contributed by atoms with Crippen LogP contribution in [0.1, 0.15) is 0 Å². The molecule has 0 saturated carbocycles. The average Bonchev–Trinajstić information content (AvgIpc) is 1.35. The van der Waals surface area contributed by atoms with Crippen LogP contribution in [-0.4, -0.2) is 142 Å². The van der Waals surface area contributed by atoms with Crippen molar-refractivity contribution in [1.82, 2.24) is 0 Å². The molecule has 0 aliphatic rings. The first-order valence-corrected chi connectivity index (χ1v) is 2.45. The van der Waals surface area contributed by atoms with Crippen LogP contribution < -0.4 is 0 Å². The van der Waals surface area contributed by atoms with Crippen LogP contribution in [0.15, 0.2) is 0 Å². The average molecular weight is 387 g/mol. The van der Waals surface area contributed by atoms with Gasteiger partial charge in [0.25, 0.3) is 0 Å². The fraction of sp³-hybridized carbons (Fsp3) is 0. The minimum absolute atomic E-state index is 0. The van der Waals surface area contributed by atoms with E-state index in [-0.39, 0.29) is 132 Å². The molecule has 2 N–H and O–H groups in total. The second-order valence-electron chi connectivity index (χ2n) is 0.560. The first kappa shape index (κ1) is 23.3. The van der Waals surface area contributed by atoms with Crippen molar-refractivity contribution in [3.05, 3.63) is 0 Å². The Bertz CT molecular complexity index is 84.6. The van der Waals surface area contributed by atoms with Gasteiger partial charge in [-0.25, -0.2) is 4.57 Å². The van der Waals surface area contributed by atoms with E-state index in [1.54, 1.807) is 0 Å². The van der Waals surface area contributed by atoms with Crippen LogP contribution in [0.25, 0.3) is 0 Å². The van der Waals surface area contributed by atoms with E-state index >= 15 is 0 Å². The van der Waals surface area contributed by atoms with Crippen molar-refractivity contribution in [2.45, 2.75) is 0 Å². The van der Waals surface area contributed by atoms with Gasteiger partial charge in [-0.2, -0.15) is 0 Å². The van der Waals surface area contributed by atoms with Crippen LogP contribution in [0.5, 0.6) is 0 Å². The summed E-state index contributed by atoms with van der Waals surface area (Å²) in [6.07, 6.45) is 0. The summed E-state index contributed by atoms with van der Waals surface area (Å²) >= 11 is 0. The monoisotopic (exact) mass is 388 g/mol. The molecular formula is H8BaCaFO4PSr. The summed E-state index contributed by atoms with van der Waals surface area (Å²) < 4.78 is 21.4. The van der Waals surface area contributed by atoms with Crippen molar-refractivity contribution >= 4 is 140 Å². The second-order valence-corrected chi connectivity index (χ2v) is 1.68. The molecular weight excluding hydrogens is 379 g/mol. The molecule has 0 unspecified atom stereocenters. The van der Waals surface area contributed by atoms with Crippen LogP contribution in [0, 0.1) is 0 Å².